The Morgan fingerprint density at radius 2 is 1.43 bits per heavy atom. The zero-order valence-electron chi connectivity index (χ0n) is 13.7. The van der Waals surface area contributed by atoms with E-state index in [0.29, 0.717) is 5.92 Å². The molecular formula is C20H27N. The lowest BCUT2D eigenvalue weighted by Crippen LogP contribution is -2.36. The molecule has 0 amide bonds. The fourth-order valence-corrected chi connectivity index (χ4v) is 2.47. The Balaban J connectivity index is 1.96. The number of hydrogen-bond donors (Lipinski definition) is 1. The first-order valence-electron chi connectivity index (χ1n) is 7.86. The van der Waals surface area contributed by atoms with Gasteiger partial charge in [0.2, 0.25) is 0 Å². The molecule has 0 spiro atoms. The fraction of sp³-hybridized carbons (Fsp3) is 0.400. The van der Waals surface area contributed by atoms with E-state index >= 15 is 0 Å². The summed E-state index contributed by atoms with van der Waals surface area (Å²) >= 11 is 0. The predicted molar refractivity (Wildman–Crippen MR) is 92.7 cm³/mol. The number of rotatable bonds is 5. The summed E-state index contributed by atoms with van der Waals surface area (Å²) in [6.07, 6.45) is 1.17. The van der Waals surface area contributed by atoms with Crippen LogP contribution in [0.25, 0.3) is 11.1 Å². The molecule has 0 saturated heterocycles. The first kappa shape index (κ1) is 15.8. The third kappa shape index (κ3) is 5.02. The third-order valence-electron chi connectivity index (χ3n) is 3.82. The standard InChI is InChI=1S/C20H27N/c1-16(14-15-21-20(2,3)4)17-10-12-19(13-11-17)18-8-6-5-7-9-18/h5-13,16,21H,14-15H2,1-4H3. The normalized spacial score (nSPS) is 13.1. The minimum Gasteiger partial charge on any atom is -0.312 e. The second-order valence-corrected chi connectivity index (χ2v) is 6.85. The lowest BCUT2D eigenvalue weighted by molar-refractivity contribution is 0.413. The van der Waals surface area contributed by atoms with Gasteiger partial charge in [0.1, 0.15) is 0 Å². The summed E-state index contributed by atoms with van der Waals surface area (Å²) in [5.74, 6) is 0.588. The maximum atomic E-state index is 3.56. The lowest BCUT2D eigenvalue weighted by Gasteiger charge is -2.22. The second kappa shape index (κ2) is 6.91. The molecule has 0 radical (unpaired) electrons. The maximum absolute atomic E-state index is 3.56. The highest BCUT2D eigenvalue weighted by Crippen LogP contribution is 2.24. The summed E-state index contributed by atoms with van der Waals surface area (Å²) in [4.78, 5) is 0. The van der Waals surface area contributed by atoms with E-state index in [0.717, 1.165) is 6.54 Å². The van der Waals surface area contributed by atoms with E-state index < -0.39 is 0 Å². The van der Waals surface area contributed by atoms with Gasteiger partial charge in [0.05, 0.1) is 0 Å². The van der Waals surface area contributed by atoms with Crippen molar-refractivity contribution < 1.29 is 0 Å². The monoisotopic (exact) mass is 281 g/mol. The van der Waals surface area contributed by atoms with Crippen molar-refractivity contribution >= 4 is 0 Å². The van der Waals surface area contributed by atoms with Gasteiger partial charge in [-0.05, 0) is 56.3 Å². The van der Waals surface area contributed by atoms with Gasteiger partial charge in [-0.2, -0.15) is 0 Å². The molecule has 0 bridgehead atoms. The Labute approximate surface area is 129 Å². The molecular weight excluding hydrogens is 254 g/mol. The van der Waals surface area contributed by atoms with Crippen LogP contribution in [0.3, 0.4) is 0 Å². The highest BCUT2D eigenvalue weighted by molar-refractivity contribution is 5.63. The van der Waals surface area contributed by atoms with Gasteiger partial charge in [-0.3, -0.25) is 0 Å². The Kier molecular flexibility index (Phi) is 5.19. The minimum absolute atomic E-state index is 0.205. The highest BCUT2D eigenvalue weighted by atomic mass is 14.9. The fourth-order valence-electron chi connectivity index (χ4n) is 2.47. The van der Waals surface area contributed by atoms with E-state index in [1.807, 2.05) is 0 Å². The summed E-state index contributed by atoms with van der Waals surface area (Å²) in [5.41, 5.74) is 4.20. The maximum Gasteiger partial charge on any atom is 0.00965 e. The molecule has 0 aromatic heterocycles. The van der Waals surface area contributed by atoms with Crippen LogP contribution in [-0.4, -0.2) is 12.1 Å². The molecule has 1 unspecified atom stereocenters. The van der Waals surface area contributed by atoms with Gasteiger partial charge in [-0.15, -0.1) is 0 Å². The summed E-state index contributed by atoms with van der Waals surface area (Å²) in [7, 11) is 0. The van der Waals surface area contributed by atoms with E-state index in [1.54, 1.807) is 0 Å². The molecule has 21 heavy (non-hydrogen) atoms. The molecule has 112 valence electrons. The molecule has 2 aromatic rings. The molecule has 2 rings (SSSR count). The molecule has 1 nitrogen and oxygen atoms in total. The molecule has 1 N–H and O–H groups in total. The number of nitrogens with one attached hydrogen (secondary N) is 1. The third-order valence-corrected chi connectivity index (χ3v) is 3.82. The molecule has 0 aliphatic carbocycles. The van der Waals surface area contributed by atoms with Crippen molar-refractivity contribution in [3.05, 3.63) is 60.2 Å². The molecule has 0 aliphatic rings. The van der Waals surface area contributed by atoms with Gasteiger partial charge in [0, 0.05) is 5.54 Å². The molecule has 0 heterocycles. The first-order valence-corrected chi connectivity index (χ1v) is 7.86. The predicted octanol–water partition coefficient (Wildman–Crippen LogP) is 5.24. The molecule has 2 aromatic carbocycles. The molecule has 0 saturated carbocycles. The van der Waals surface area contributed by atoms with Crippen LogP contribution in [0.4, 0.5) is 0 Å². The summed E-state index contributed by atoms with van der Waals surface area (Å²) in [6.45, 7) is 10.0. The largest absolute Gasteiger partial charge is 0.312 e. The van der Waals surface area contributed by atoms with E-state index in [-0.39, 0.29) is 5.54 Å². The van der Waals surface area contributed by atoms with Crippen LogP contribution in [0.5, 0.6) is 0 Å². The average Bonchev–Trinajstić information content (AvgIpc) is 2.47. The van der Waals surface area contributed by atoms with E-state index in [4.69, 9.17) is 0 Å². The topological polar surface area (TPSA) is 12.0 Å². The molecule has 0 aliphatic heterocycles. The summed E-state index contributed by atoms with van der Waals surface area (Å²) < 4.78 is 0. The Morgan fingerprint density at radius 3 is 2.00 bits per heavy atom. The molecule has 1 atom stereocenters. The SMILES string of the molecule is CC(CCNC(C)(C)C)c1ccc(-c2ccccc2)cc1. The van der Waals surface area contributed by atoms with Crippen LogP contribution in [0, 0.1) is 0 Å². The van der Waals surface area contributed by atoms with Gasteiger partial charge >= 0.3 is 0 Å². The van der Waals surface area contributed by atoms with Gasteiger partial charge < -0.3 is 5.32 Å². The Bertz CT molecular complexity index is 534. The Morgan fingerprint density at radius 1 is 0.857 bits per heavy atom. The van der Waals surface area contributed by atoms with Crippen molar-refractivity contribution in [2.45, 2.75) is 45.6 Å². The van der Waals surface area contributed by atoms with Gasteiger partial charge in [-0.25, -0.2) is 0 Å². The van der Waals surface area contributed by atoms with E-state index in [2.05, 4.69) is 87.6 Å². The number of benzene rings is 2. The smallest absolute Gasteiger partial charge is 0.00965 e. The quantitative estimate of drug-likeness (QED) is 0.790. The van der Waals surface area contributed by atoms with Gasteiger partial charge in [0.15, 0.2) is 0 Å². The first-order chi connectivity index (χ1) is 9.96. The van der Waals surface area contributed by atoms with Crippen molar-refractivity contribution in [2.24, 2.45) is 0 Å². The van der Waals surface area contributed by atoms with Gasteiger partial charge in [0.25, 0.3) is 0 Å². The number of hydrogen-bond acceptors (Lipinski definition) is 1. The lowest BCUT2D eigenvalue weighted by atomic mass is 9.95. The minimum atomic E-state index is 0.205. The van der Waals surface area contributed by atoms with Gasteiger partial charge in [-0.1, -0.05) is 61.5 Å². The van der Waals surface area contributed by atoms with Crippen LogP contribution in [0.1, 0.15) is 45.6 Å². The van der Waals surface area contributed by atoms with Crippen molar-refractivity contribution in [2.75, 3.05) is 6.54 Å². The van der Waals surface area contributed by atoms with Crippen molar-refractivity contribution in [1.82, 2.24) is 5.32 Å². The van der Waals surface area contributed by atoms with Crippen molar-refractivity contribution in [1.29, 1.82) is 0 Å². The van der Waals surface area contributed by atoms with Crippen LogP contribution in [0.2, 0.25) is 0 Å². The van der Waals surface area contributed by atoms with Crippen LogP contribution >= 0.6 is 0 Å². The summed E-state index contributed by atoms with van der Waals surface area (Å²) in [6, 6.07) is 19.6. The van der Waals surface area contributed by atoms with Crippen LogP contribution < -0.4 is 5.32 Å². The van der Waals surface area contributed by atoms with Crippen LogP contribution in [-0.2, 0) is 0 Å². The molecule has 1 heteroatoms. The summed E-state index contributed by atoms with van der Waals surface area (Å²) in [5, 5.41) is 3.56. The molecule has 0 fully saturated rings. The van der Waals surface area contributed by atoms with Crippen molar-refractivity contribution in [3.8, 4) is 11.1 Å². The Hall–Kier alpha value is -1.60. The second-order valence-electron chi connectivity index (χ2n) is 6.85. The highest BCUT2D eigenvalue weighted by Gasteiger charge is 2.10. The van der Waals surface area contributed by atoms with Crippen LogP contribution in [0.15, 0.2) is 54.6 Å². The van der Waals surface area contributed by atoms with E-state index in [1.165, 1.54) is 23.1 Å². The van der Waals surface area contributed by atoms with E-state index in [9.17, 15) is 0 Å². The zero-order chi connectivity index (χ0) is 15.3. The van der Waals surface area contributed by atoms with Crippen molar-refractivity contribution in [3.63, 3.8) is 0 Å². The zero-order valence-corrected chi connectivity index (χ0v) is 13.7. The average molecular weight is 281 g/mol.